The van der Waals surface area contributed by atoms with Gasteiger partial charge in [0.2, 0.25) is 17.7 Å². The predicted molar refractivity (Wildman–Crippen MR) is 126 cm³/mol. The van der Waals surface area contributed by atoms with Crippen LogP contribution in [0.2, 0.25) is 0 Å². The molecule has 0 aliphatic carbocycles. The number of aliphatic carboxylic acids is 2. The Balaban J connectivity index is 5.48. The Labute approximate surface area is 199 Å². The summed E-state index contributed by atoms with van der Waals surface area (Å²) in [6, 6.07) is -4.45. The number of carboxylic acids is 2. The molecule has 190 valence electrons. The summed E-state index contributed by atoms with van der Waals surface area (Å²) < 4.78 is 0. The van der Waals surface area contributed by atoms with E-state index in [4.69, 9.17) is 10.8 Å². The smallest absolute Gasteiger partial charge is 0.326 e. The Morgan fingerprint density at radius 3 is 1.58 bits per heavy atom. The lowest BCUT2D eigenvalue weighted by Crippen LogP contribution is -2.57. The Hall–Kier alpha value is -2.34. The van der Waals surface area contributed by atoms with Crippen molar-refractivity contribution in [2.24, 2.45) is 17.6 Å². The third-order valence-corrected chi connectivity index (χ3v) is 5.29. The van der Waals surface area contributed by atoms with E-state index in [1.54, 1.807) is 11.8 Å². The standard InChI is InChI=1S/C21H38N4O7S/c1-11(2)8-14(23-18(28)13(22)6-7-33-5)19(29)24-15(9-12(3)4)20(30)25-16(21(31)32)10-17(26)27/h11-16H,6-10,22H2,1-5H3,(H,23,28)(H,24,29)(H,25,30)(H,26,27)(H,31,32). The highest BCUT2D eigenvalue weighted by molar-refractivity contribution is 7.98. The lowest BCUT2D eigenvalue weighted by Gasteiger charge is -2.26. The summed E-state index contributed by atoms with van der Waals surface area (Å²) in [6.07, 6.45) is 2.03. The van der Waals surface area contributed by atoms with E-state index in [0.29, 0.717) is 18.6 Å². The van der Waals surface area contributed by atoms with Gasteiger partial charge in [-0.1, -0.05) is 27.7 Å². The van der Waals surface area contributed by atoms with Gasteiger partial charge < -0.3 is 31.9 Å². The monoisotopic (exact) mass is 490 g/mol. The lowest BCUT2D eigenvalue weighted by molar-refractivity contribution is -0.147. The Morgan fingerprint density at radius 1 is 0.788 bits per heavy atom. The molecule has 0 saturated carbocycles. The van der Waals surface area contributed by atoms with E-state index in [0.717, 1.165) is 0 Å². The molecule has 0 aromatic carbocycles. The number of nitrogens with two attached hydrogens (primary N) is 1. The molecule has 0 radical (unpaired) electrons. The van der Waals surface area contributed by atoms with Gasteiger partial charge in [0.1, 0.15) is 18.1 Å². The van der Waals surface area contributed by atoms with Crippen LogP contribution in [0.1, 0.15) is 53.4 Å². The van der Waals surface area contributed by atoms with E-state index in [1.807, 2.05) is 34.0 Å². The van der Waals surface area contributed by atoms with E-state index in [-0.39, 0.29) is 18.3 Å². The summed E-state index contributed by atoms with van der Waals surface area (Å²) in [4.78, 5) is 60.3. The summed E-state index contributed by atoms with van der Waals surface area (Å²) in [7, 11) is 0. The number of carbonyl (C=O) groups is 5. The zero-order valence-electron chi connectivity index (χ0n) is 19.9. The zero-order valence-corrected chi connectivity index (χ0v) is 20.7. The van der Waals surface area contributed by atoms with Gasteiger partial charge in [-0.25, -0.2) is 4.79 Å². The minimum Gasteiger partial charge on any atom is -0.481 e. The maximum atomic E-state index is 13.0. The fourth-order valence-electron chi connectivity index (χ4n) is 2.98. The van der Waals surface area contributed by atoms with Gasteiger partial charge in [-0.15, -0.1) is 0 Å². The van der Waals surface area contributed by atoms with Gasteiger partial charge in [0.15, 0.2) is 0 Å². The van der Waals surface area contributed by atoms with Crippen LogP contribution in [0.3, 0.4) is 0 Å². The molecule has 0 aromatic rings. The number of amides is 3. The molecule has 0 aromatic heterocycles. The Morgan fingerprint density at radius 2 is 1.21 bits per heavy atom. The van der Waals surface area contributed by atoms with Gasteiger partial charge in [-0.3, -0.25) is 19.2 Å². The van der Waals surface area contributed by atoms with Crippen LogP contribution in [-0.2, 0) is 24.0 Å². The van der Waals surface area contributed by atoms with Gasteiger partial charge in [-0.2, -0.15) is 11.8 Å². The molecule has 4 unspecified atom stereocenters. The fourth-order valence-corrected chi connectivity index (χ4v) is 3.47. The highest BCUT2D eigenvalue weighted by Crippen LogP contribution is 2.10. The highest BCUT2D eigenvalue weighted by Gasteiger charge is 2.31. The molecule has 0 heterocycles. The van der Waals surface area contributed by atoms with E-state index in [2.05, 4.69) is 16.0 Å². The summed E-state index contributed by atoms with van der Waals surface area (Å²) in [5.74, 6) is -4.06. The third-order valence-electron chi connectivity index (χ3n) is 4.64. The fraction of sp³-hybridized carbons (Fsp3) is 0.762. The van der Waals surface area contributed by atoms with Crippen molar-refractivity contribution < 1.29 is 34.2 Å². The molecular weight excluding hydrogens is 452 g/mol. The Kier molecular flexibility index (Phi) is 14.4. The lowest BCUT2D eigenvalue weighted by atomic mass is 9.99. The van der Waals surface area contributed by atoms with Crippen LogP contribution in [-0.4, -0.2) is 76.0 Å². The molecule has 0 saturated heterocycles. The number of rotatable bonds is 16. The highest BCUT2D eigenvalue weighted by atomic mass is 32.2. The molecule has 0 fully saturated rings. The van der Waals surface area contributed by atoms with Gasteiger partial charge >= 0.3 is 11.9 Å². The van der Waals surface area contributed by atoms with Crippen molar-refractivity contribution in [3.05, 3.63) is 0 Å². The molecule has 4 atom stereocenters. The van der Waals surface area contributed by atoms with Crippen molar-refractivity contribution in [3.63, 3.8) is 0 Å². The van der Waals surface area contributed by atoms with E-state index in [9.17, 15) is 29.1 Å². The predicted octanol–water partition coefficient (Wildman–Crippen LogP) is 0.173. The minimum absolute atomic E-state index is 0.0399. The minimum atomic E-state index is -1.64. The summed E-state index contributed by atoms with van der Waals surface area (Å²) in [5, 5.41) is 25.5. The molecule has 0 spiro atoms. The molecule has 3 amide bonds. The van der Waals surface area contributed by atoms with Crippen molar-refractivity contribution in [3.8, 4) is 0 Å². The van der Waals surface area contributed by atoms with Crippen molar-refractivity contribution >= 4 is 41.4 Å². The van der Waals surface area contributed by atoms with Crippen LogP contribution < -0.4 is 21.7 Å². The average Bonchev–Trinajstić information content (AvgIpc) is 2.68. The summed E-state index contributed by atoms with van der Waals surface area (Å²) in [6.45, 7) is 7.39. The number of nitrogens with one attached hydrogen (secondary N) is 3. The molecule has 0 aliphatic rings. The molecular formula is C21H38N4O7S. The second kappa shape index (κ2) is 15.5. The first-order chi connectivity index (χ1) is 15.3. The molecule has 12 heteroatoms. The van der Waals surface area contributed by atoms with Gasteiger partial charge in [0.05, 0.1) is 12.5 Å². The molecule has 0 bridgehead atoms. The molecule has 11 nitrogen and oxygen atoms in total. The van der Waals surface area contributed by atoms with Gasteiger partial charge in [-0.05, 0) is 43.1 Å². The molecule has 0 rings (SSSR count). The topological polar surface area (TPSA) is 188 Å². The van der Waals surface area contributed by atoms with Gasteiger partial charge in [0, 0.05) is 0 Å². The zero-order chi connectivity index (χ0) is 25.7. The van der Waals surface area contributed by atoms with Crippen LogP contribution in [0.15, 0.2) is 0 Å². The first-order valence-corrected chi connectivity index (χ1v) is 12.3. The van der Waals surface area contributed by atoms with Crippen LogP contribution in [0.25, 0.3) is 0 Å². The van der Waals surface area contributed by atoms with Crippen molar-refractivity contribution in [2.75, 3.05) is 12.0 Å². The van der Waals surface area contributed by atoms with Crippen LogP contribution >= 0.6 is 11.8 Å². The number of thioether (sulfide) groups is 1. The van der Waals surface area contributed by atoms with Crippen molar-refractivity contribution in [1.82, 2.24) is 16.0 Å². The Bertz CT molecular complexity index is 688. The second-order valence-corrected chi connectivity index (χ2v) is 9.75. The first-order valence-electron chi connectivity index (χ1n) is 10.9. The second-order valence-electron chi connectivity index (χ2n) is 8.77. The van der Waals surface area contributed by atoms with Crippen LogP contribution in [0, 0.1) is 11.8 Å². The van der Waals surface area contributed by atoms with Gasteiger partial charge in [0.25, 0.3) is 0 Å². The number of carbonyl (C=O) groups excluding carboxylic acids is 3. The third kappa shape index (κ3) is 13.1. The maximum Gasteiger partial charge on any atom is 0.326 e. The normalized spacial score (nSPS) is 14.8. The molecule has 0 aliphatic heterocycles. The average molecular weight is 491 g/mol. The van der Waals surface area contributed by atoms with Crippen LogP contribution in [0.5, 0.6) is 0 Å². The molecule has 33 heavy (non-hydrogen) atoms. The van der Waals surface area contributed by atoms with E-state index < -0.39 is 60.2 Å². The summed E-state index contributed by atoms with van der Waals surface area (Å²) in [5.41, 5.74) is 5.90. The van der Waals surface area contributed by atoms with Crippen molar-refractivity contribution in [2.45, 2.75) is 77.5 Å². The number of hydrogen-bond donors (Lipinski definition) is 6. The van der Waals surface area contributed by atoms with Crippen molar-refractivity contribution in [1.29, 1.82) is 0 Å². The first kappa shape index (κ1) is 30.7. The SMILES string of the molecule is CSCCC(N)C(=O)NC(CC(C)C)C(=O)NC(CC(C)C)C(=O)NC(CC(=O)O)C(=O)O. The number of hydrogen-bond acceptors (Lipinski definition) is 7. The maximum absolute atomic E-state index is 13.0. The summed E-state index contributed by atoms with van der Waals surface area (Å²) >= 11 is 1.55. The van der Waals surface area contributed by atoms with Crippen LogP contribution in [0.4, 0.5) is 0 Å². The quantitative estimate of drug-likeness (QED) is 0.175. The van der Waals surface area contributed by atoms with E-state index >= 15 is 0 Å². The largest absolute Gasteiger partial charge is 0.481 e. The molecule has 7 N–H and O–H groups in total. The number of carboxylic acid groups (broad SMARTS) is 2. The van der Waals surface area contributed by atoms with E-state index in [1.165, 1.54) is 0 Å².